The minimum atomic E-state index is -3.36. The molecule has 1 aromatic rings. The number of alkyl halides is 2. The van der Waals surface area contributed by atoms with Crippen molar-refractivity contribution in [2.45, 2.75) is 38.3 Å². The zero-order valence-corrected chi connectivity index (χ0v) is 9.91. The first-order valence-corrected chi connectivity index (χ1v) is 5.74. The summed E-state index contributed by atoms with van der Waals surface area (Å²) < 4.78 is 35.6. The Hall–Kier alpha value is -1.50. The zero-order valence-electron chi connectivity index (χ0n) is 9.91. The number of carbonyl (C=O) groups excluding carboxylic acids is 1. The molecule has 5 nitrogen and oxygen atoms in total. The van der Waals surface area contributed by atoms with E-state index in [1.54, 1.807) is 6.20 Å². The lowest BCUT2D eigenvalue weighted by molar-refractivity contribution is -0.159. The van der Waals surface area contributed by atoms with Gasteiger partial charge in [-0.1, -0.05) is 6.92 Å². The van der Waals surface area contributed by atoms with E-state index >= 15 is 0 Å². The van der Waals surface area contributed by atoms with Gasteiger partial charge in [0.25, 0.3) is 0 Å². The second-order valence-corrected chi connectivity index (χ2v) is 4.14. The molecule has 1 atom stereocenters. The van der Waals surface area contributed by atoms with Crippen LogP contribution in [0.15, 0.2) is 10.6 Å². The minimum Gasteiger partial charge on any atom is -0.456 e. The fraction of sp³-hybridized carbons (Fsp3) is 0.636. The fourth-order valence-corrected chi connectivity index (χ4v) is 1.70. The molecule has 1 N–H and O–H groups in total. The summed E-state index contributed by atoms with van der Waals surface area (Å²) in [5.74, 6) is -3.54. The van der Waals surface area contributed by atoms with Crippen LogP contribution in [0.5, 0.6) is 0 Å². The lowest BCUT2D eigenvalue weighted by Crippen LogP contribution is -2.26. The predicted octanol–water partition coefficient (Wildman–Crippen LogP) is 1.28. The van der Waals surface area contributed by atoms with Crippen molar-refractivity contribution in [2.24, 2.45) is 0 Å². The number of ether oxygens (including phenoxy) is 1. The van der Waals surface area contributed by atoms with Gasteiger partial charge < -0.3 is 14.5 Å². The summed E-state index contributed by atoms with van der Waals surface area (Å²) in [6.45, 7) is 2.42. The van der Waals surface area contributed by atoms with E-state index in [9.17, 15) is 13.6 Å². The molecule has 0 saturated carbocycles. The number of halogens is 2. The largest absolute Gasteiger partial charge is 0.456 e. The number of oxazole rings is 1. The van der Waals surface area contributed by atoms with Gasteiger partial charge in [-0.05, 0) is 0 Å². The van der Waals surface area contributed by atoms with E-state index in [1.807, 2.05) is 6.92 Å². The van der Waals surface area contributed by atoms with Crippen molar-refractivity contribution in [3.8, 4) is 0 Å². The van der Waals surface area contributed by atoms with Gasteiger partial charge in [-0.25, -0.2) is 9.78 Å². The third-order valence-corrected chi connectivity index (χ3v) is 2.65. The molecule has 0 amide bonds. The van der Waals surface area contributed by atoms with Crippen molar-refractivity contribution in [3.05, 3.63) is 17.8 Å². The Kier molecular flexibility index (Phi) is 3.60. The first kappa shape index (κ1) is 12.9. The number of hydrogen-bond donors (Lipinski definition) is 1. The van der Waals surface area contributed by atoms with E-state index in [0.29, 0.717) is 12.4 Å². The molecular weight excluding hydrogens is 246 g/mol. The number of nitrogens with one attached hydrogen (secondary N) is 1. The predicted molar refractivity (Wildman–Crippen MR) is 57.0 cm³/mol. The molecule has 1 saturated heterocycles. The van der Waals surface area contributed by atoms with E-state index in [2.05, 4.69) is 15.0 Å². The van der Waals surface area contributed by atoms with Crippen LogP contribution in [0.4, 0.5) is 8.78 Å². The summed E-state index contributed by atoms with van der Waals surface area (Å²) >= 11 is 0. The highest BCUT2D eigenvalue weighted by Crippen LogP contribution is 2.30. The Labute approximate surface area is 103 Å². The third-order valence-electron chi connectivity index (χ3n) is 2.65. The lowest BCUT2D eigenvalue weighted by Gasteiger charge is -2.08. The van der Waals surface area contributed by atoms with Crippen LogP contribution in [-0.4, -0.2) is 29.5 Å². The van der Waals surface area contributed by atoms with Crippen molar-refractivity contribution in [3.63, 3.8) is 0 Å². The van der Waals surface area contributed by atoms with Crippen molar-refractivity contribution in [1.82, 2.24) is 10.3 Å². The first-order chi connectivity index (χ1) is 8.51. The van der Waals surface area contributed by atoms with Crippen LogP contribution in [0.3, 0.4) is 0 Å². The van der Waals surface area contributed by atoms with Gasteiger partial charge in [0.05, 0.1) is 19.2 Å². The maximum absolute atomic E-state index is 12.9. The summed E-state index contributed by atoms with van der Waals surface area (Å²) in [6, 6.07) is 0. The molecule has 18 heavy (non-hydrogen) atoms. The third kappa shape index (κ3) is 2.84. The Morgan fingerprint density at radius 1 is 1.61 bits per heavy atom. The van der Waals surface area contributed by atoms with E-state index < -0.39 is 24.4 Å². The molecule has 1 aromatic heterocycles. The average Bonchev–Trinajstić information content (AvgIpc) is 2.85. The molecule has 0 spiro atoms. The SMILES string of the molecule is CCc1cnc(CNCC2CC(F)(F)C(=O)O2)o1. The molecule has 2 heterocycles. The molecule has 1 fully saturated rings. The van der Waals surface area contributed by atoms with E-state index in [1.165, 1.54) is 0 Å². The molecule has 0 bridgehead atoms. The van der Waals surface area contributed by atoms with Crippen molar-refractivity contribution < 1.29 is 22.7 Å². The summed E-state index contributed by atoms with van der Waals surface area (Å²) in [5, 5.41) is 2.87. The molecule has 100 valence electrons. The number of carbonyl (C=O) groups is 1. The maximum Gasteiger partial charge on any atom is 0.377 e. The van der Waals surface area contributed by atoms with Gasteiger partial charge >= 0.3 is 11.9 Å². The summed E-state index contributed by atoms with van der Waals surface area (Å²) in [7, 11) is 0. The number of cyclic esters (lactones) is 1. The molecule has 1 unspecified atom stereocenters. The first-order valence-electron chi connectivity index (χ1n) is 5.74. The highest BCUT2D eigenvalue weighted by Gasteiger charge is 2.50. The zero-order chi connectivity index (χ0) is 13.2. The normalized spacial score (nSPS) is 22.2. The highest BCUT2D eigenvalue weighted by molar-refractivity contribution is 5.79. The van der Waals surface area contributed by atoms with Gasteiger partial charge in [-0.3, -0.25) is 0 Å². The van der Waals surface area contributed by atoms with Gasteiger partial charge in [0.1, 0.15) is 11.9 Å². The second kappa shape index (κ2) is 5.01. The van der Waals surface area contributed by atoms with Crippen LogP contribution < -0.4 is 5.32 Å². The Balaban J connectivity index is 1.75. The monoisotopic (exact) mass is 260 g/mol. The minimum absolute atomic E-state index is 0.158. The second-order valence-electron chi connectivity index (χ2n) is 4.14. The Morgan fingerprint density at radius 3 is 2.94 bits per heavy atom. The molecule has 1 aliphatic rings. The van der Waals surface area contributed by atoms with Crippen LogP contribution in [0.2, 0.25) is 0 Å². The topological polar surface area (TPSA) is 64.4 Å². The maximum atomic E-state index is 12.9. The van der Waals surface area contributed by atoms with Gasteiger partial charge in [0.15, 0.2) is 0 Å². The number of aryl methyl sites for hydroxylation is 1. The number of nitrogens with zero attached hydrogens (tertiary/aromatic N) is 1. The van der Waals surface area contributed by atoms with Crippen LogP contribution >= 0.6 is 0 Å². The lowest BCUT2D eigenvalue weighted by atomic mass is 10.2. The molecule has 7 heteroatoms. The summed E-state index contributed by atoms with van der Waals surface area (Å²) in [6.07, 6.45) is 0.998. The smallest absolute Gasteiger partial charge is 0.377 e. The van der Waals surface area contributed by atoms with Crippen LogP contribution in [0.1, 0.15) is 25.0 Å². The average molecular weight is 260 g/mol. The van der Waals surface area contributed by atoms with Crippen molar-refractivity contribution >= 4 is 5.97 Å². The standard InChI is InChI=1S/C11H14F2N2O3/c1-2-7-5-15-9(17-7)6-14-4-8-3-11(12,13)10(16)18-8/h5,8,14H,2-4,6H2,1H3. The molecule has 0 aliphatic carbocycles. The van der Waals surface area contributed by atoms with Crippen LogP contribution in [-0.2, 0) is 22.5 Å². The molecule has 1 aliphatic heterocycles. The number of hydrogen-bond acceptors (Lipinski definition) is 5. The number of rotatable bonds is 5. The Bertz CT molecular complexity index is 434. The summed E-state index contributed by atoms with van der Waals surface area (Å²) in [4.78, 5) is 14.8. The molecule has 0 radical (unpaired) electrons. The fourth-order valence-electron chi connectivity index (χ4n) is 1.70. The van der Waals surface area contributed by atoms with E-state index in [0.717, 1.165) is 12.2 Å². The van der Waals surface area contributed by atoms with Crippen LogP contribution in [0.25, 0.3) is 0 Å². The van der Waals surface area contributed by atoms with E-state index in [-0.39, 0.29) is 6.54 Å². The molecule has 0 aromatic carbocycles. The van der Waals surface area contributed by atoms with Gasteiger partial charge in [-0.15, -0.1) is 0 Å². The Morgan fingerprint density at radius 2 is 2.39 bits per heavy atom. The van der Waals surface area contributed by atoms with E-state index in [4.69, 9.17) is 4.42 Å². The molecular formula is C11H14F2N2O3. The summed E-state index contributed by atoms with van der Waals surface area (Å²) in [5.41, 5.74) is 0. The quantitative estimate of drug-likeness (QED) is 0.808. The van der Waals surface area contributed by atoms with Gasteiger partial charge in [0.2, 0.25) is 5.89 Å². The van der Waals surface area contributed by atoms with Crippen molar-refractivity contribution in [1.29, 1.82) is 0 Å². The number of esters is 1. The van der Waals surface area contributed by atoms with Gasteiger partial charge in [0, 0.05) is 13.0 Å². The van der Waals surface area contributed by atoms with Gasteiger partial charge in [-0.2, -0.15) is 8.78 Å². The number of aromatic nitrogens is 1. The highest BCUT2D eigenvalue weighted by atomic mass is 19.3. The molecule has 2 rings (SSSR count). The van der Waals surface area contributed by atoms with Crippen molar-refractivity contribution in [2.75, 3.05) is 6.54 Å². The van der Waals surface area contributed by atoms with Crippen LogP contribution in [0, 0.1) is 0 Å².